The van der Waals surface area contributed by atoms with E-state index in [1.807, 2.05) is 0 Å². The second-order valence-electron chi connectivity index (χ2n) is 8.98. The summed E-state index contributed by atoms with van der Waals surface area (Å²) in [5.41, 5.74) is 1.73. The van der Waals surface area contributed by atoms with Crippen molar-refractivity contribution < 1.29 is 19.0 Å². The van der Waals surface area contributed by atoms with Gasteiger partial charge in [-0.15, -0.1) is 0 Å². The van der Waals surface area contributed by atoms with Crippen LogP contribution in [0.25, 0.3) is 11.0 Å². The maximum atomic E-state index is 13.2. The number of hydrogen-bond donors (Lipinski definition) is 3. The van der Waals surface area contributed by atoms with Crippen LogP contribution in [0.5, 0.6) is 11.5 Å². The van der Waals surface area contributed by atoms with Gasteiger partial charge in [-0.1, -0.05) is 18.0 Å². The van der Waals surface area contributed by atoms with Gasteiger partial charge in [0.25, 0.3) is 5.91 Å². The number of benzene rings is 1. The maximum absolute atomic E-state index is 13.2. The van der Waals surface area contributed by atoms with Gasteiger partial charge < -0.3 is 34.7 Å². The van der Waals surface area contributed by atoms with Gasteiger partial charge >= 0.3 is 0 Å². The molecule has 4 heterocycles. The largest absolute Gasteiger partial charge is 0.485 e. The predicted molar refractivity (Wildman–Crippen MR) is 132 cm³/mol. The van der Waals surface area contributed by atoms with E-state index in [0.717, 1.165) is 11.9 Å². The minimum Gasteiger partial charge on any atom is -0.485 e. The number of nitrogens with one attached hydrogen (secondary N) is 3. The summed E-state index contributed by atoms with van der Waals surface area (Å²) in [6.07, 6.45) is 5.45. The highest BCUT2D eigenvalue weighted by molar-refractivity contribution is 6.36. The van der Waals surface area contributed by atoms with Gasteiger partial charge in [0.15, 0.2) is 11.5 Å². The fourth-order valence-corrected chi connectivity index (χ4v) is 4.81. The minimum atomic E-state index is -0.0947. The van der Waals surface area contributed by atoms with Crippen molar-refractivity contribution in [3.63, 3.8) is 0 Å². The first kappa shape index (κ1) is 22.2. The second-order valence-corrected chi connectivity index (χ2v) is 9.39. The van der Waals surface area contributed by atoms with Crippen molar-refractivity contribution in [2.75, 3.05) is 56.7 Å². The molecule has 3 aromatic rings. The number of morpholine rings is 1. The highest BCUT2D eigenvalue weighted by Crippen LogP contribution is 2.42. The molecule has 2 aromatic heterocycles. The second kappa shape index (κ2) is 9.43. The first-order valence-corrected chi connectivity index (χ1v) is 12.4. The van der Waals surface area contributed by atoms with E-state index < -0.39 is 0 Å². The summed E-state index contributed by atoms with van der Waals surface area (Å²) in [5.74, 6) is 2.54. The lowest BCUT2D eigenvalue weighted by Crippen LogP contribution is -2.41. The van der Waals surface area contributed by atoms with E-state index in [4.69, 9.17) is 30.8 Å². The number of anilines is 3. The molecule has 184 valence electrons. The van der Waals surface area contributed by atoms with Gasteiger partial charge in [-0.25, -0.2) is 0 Å². The van der Waals surface area contributed by atoms with Crippen molar-refractivity contribution in [2.45, 2.75) is 19.3 Å². The Balaban J connectivity index is 1.31. The van der Waals surface area contributed by atoms with E-state index in [1.54, 1.807) is 23.2 Å². The van der Waals surface area contributed by atoms with Crippen molar-refractivity contribution in [3.05, 3.63) is 28.9 Å². The van der Waals surface area contributed by atoms with Crippen LogP contribution in [-0.4, -0.2) is 71.8 Å². The molecule has 35 heavy (non-hydrogen) atoms. The summed E-state index contributed by atoms with van der Waals surface area (Å²) >= 11 is 6.41. The molecule has 1 amide bonds. The lowest BCUT2D eigenvalue weighted by Gasteiger charge is -2.29. The molecule has 3 N–H and O–H groups in total. The number of nitrogens with zero attached hydrogens (tertiary/aromatic N) is 3. The first-order chi connectivity index (χ1) is 17.2. The van der Waals surface area contributed by atoms with Gasteiger partial charge in [0.05, 0.1) is 34.9 Å². The quantitative estimate of drug-likeness (QED) is 0.470. The lowest BCUT2D eigenvalue weighted by molar-refractivity contribution is 0.0298. The van der Waals surface area contributed by atoms with Crippen molar-refractivity contribution in [1.29, 1.82) is 0 Å². The summed E-state index contributed by atoms with van der Waals surface area (Å²) in [7, 11) is 0. The zero-order chi connectivity index (χ0) is 23.8. The molecule has 1 aliphatic carbocycles. The molecule has 1 aromatic carbocycles. The Kier molecular flexibility index (Phi) is 5.99. The van der Waals surface area contributed by atoms with Crippen LogP contribution >= 0.6 is 11.6 Å². The van der Waals surface area contributed by atoms with Crippen molar-refractivity contribution in [3.8, 4) is 11.5 Å². The Morgan fingerprint density at radius 2 is 1.91 bits per heavy atom. The normalized spacial score (nSPS) is 17.8. The van der Waals surface area contributed by atoms with Crippen LogP contribution in [0.1, 0.15) is 29.6 Å². The van der Waals surface area contributed by atoms with Crippen molar-refractivity contribution in [2.24, 2.45) is 5.92 Å². The number of fused-ring (bicyclic) bond motifs is 2. The predicted octanol–water partition coefficient (Wildman–Crippen LogP) is 3.81. The molecule has 10 nitrogen and oxygen atoms in total. The first-order valence-electron chi connectivity index (χ1n) is 12.0. The van der Waals surface area contributed by atoms with Gasteiger partial charge in [0.2, 0.25) is 5.95 Å². The molecule has 0 bridgehead atoms. The Morgan fingerprint density at radius 3 is 2.69 bits per heavy atom. The molecule has 0 atom stereocenters. The smallest absolute Gasteiger partial charge is 0.257 e. The van der Waals surface area contributed by atoms with Crippen molar-refractivity contribution >= 4 is 46.0 Å². The number of amides is 1. The number of aromatic nitrogens is 3. The van der Waals surface area contributed by atoms with Gasteiger partial charge in [-0.3, -0.25) is 4.79 Å². The SMILES string of the molecule is O=C(c1ccc(Nc2nc(NCC3CCC3)c3c(Cl)c[nH]c3n2)c2c1OCCO2)N1CCOCC1. The number of rotatable bonds is 6. The van der Waals surface area contributed by atoms with E-state index in [9.17, 15) is 4.79 Å². The van der Waals surface area contributed by atoms with E-state index in [1.165, 1.54) is 19.3 Å². The molecule has 6 rings (SSSR count). The monoisotopic (exact) mass is 498 g/mol. The molecule has 3 aliphatic rings. The Labute approximate surface area is 207 Å². The van der Waals surface area contributed by atoms with Gasteiger partial charge in [0.1, 0.15) is 24.7 Å². The number of aromatic amines is 1. The zero-order valence-corrected chi connectivity index (χ0v) is 20.0. The molecule has 0 unspecified atom stereocenters. The summed E-state index contributed by atoms with van der Waals surface area (Å²) in [5, 5.41) is 8.05. The number of halogens is 1. The number of hydrogen-bond acceptors (Lipinski definition) is 8. The average Bonchev–Trinajstić information content (AvgIpc) is 3.24. The Bertz CT molecular complexity index is 1250. The molecule has 11 heteroatoms. The summed E-state index contributed by atoms with van der Waals surface area (Å²) in [6.45, 7) is 3.78. The van der Waals surface area contributed by atoms with E-state index in [0.29, 0.717) is 90.6 Å². The lowest BCUT2D eigenvalue weighted by atomic mass is 9.85. The average molecular weight is 499 g/mol. The number of carbonyl (C=O) groups excluding carboxylic acids is 1. The van der Waals surface area contributed by atoms with Crippen LogP contribution in [0.3, 0.4) is 0 Å². The molecule has 0 radical (unpaired) electrons. The van der Waals surface area contributed by atoms with Crippen LogP contribution in [0, 0.1) is 5.92 Å². The highest BCUT2D eigenvalue weighted by atomic mass is 35.5. The highest BCUT2D eigenvalue weighted by Gasteiger charge is 2.28. The van der Waals surface area contributed by atoms with E-state index in [2.05, 4.69) is 20.6 Å². The van der Waals surface area contributed by atoms with E-state index >= 15 is 0 Å². The van der Waals surface area contributed by atoms with Crippen LogP contribution in [0.4, 0.5) is 17.5 Å². The molecular weight excluding hydrogens is 472 g/mol. The molecular formula is C24H27ClN6O4. The standard InChI is InChI=1S/C24H27ClN6O4/c25-16-13-27-22-18(16)21(26-12-14-2-1-3-14)29-24(30-22)28-17-5-4-15(19-20(17)35-11-10-34-19)23(32)31-6-8-33-9-7-31/h4-5,13-14H,1-3,6-12H2,(H3,26,27,28,29,30). The molecule has 0 spiro atoms. The minimum absolute atomic E-state index is 0.0947. The Morgan fingerprint density at radius 1 is 1.11 bits per heavy atom. The van der Waals surface area contributed by atoms with Crippen molar-refractivity contribution in [1.82, 2.24) is 19.9 Å². The fourth-order valence-electron chi connectivity index (χ4n) is 4.58. The number of ether oxygens (including phenoxy) is 3. The third-order valence-electron chi connectivity index (χ3n) is 6.73. The molecule has 1 saturated carbocycles. The van der Waals surface area contributed by atoms with Gasteiger partial charge in [0, 0.05) is 25.8 Å². The van der Waals surface area contributed by atoms with Gasteiger partial charge in [-0.05, 0) is 30.9 Å². The summed E-state index contributed by atoms with van der Waals surface area (Å²) in [6, 6.07) is 3.56. The maximum Gasteiger partial charge on any atom is 0.257 e. The molecule has 2 fully saturated rings. The van der Waals surface area contributed by atoms with Crippen LogP contribution < -0.4 is 20.1 Å². The fraction of sp³-hybridized carbons (Fsp3) is 0.458. The van der Waals surface area contributed by atoms with Crippen LogP contribution in [0.15, 0.2) is 18.3 Å². The van der Waals surface area contributed by atoms with Gasteiger partial charge in [-0.2, -0.15) is 9.97 Å². The summed E-state index contributed by atoms with van der Waals surface area (Å²) < 4.78 is 17.2. The number of carbonyl (C=O) groups is 1. The van der Waals surface area contributed by atoms with Crippen LogP contribution in [0.2, 0.25) is 5.02 Å². The van der Waals surface area contributed by atoms with E-state index in [-0.39, 0.29) is 5.91 Å². The zero-order valence-electron chi connectivity index (χ0n) is 19.2. The third kappa shape index (κ3) is 4.32. The Hall–Kier alpha value is -3.24. The van der Waals surface area contributed by atoms with Crippen LogP contribution in [-0.2, 0) is 4.74 Å². The molecule has 2 aliphatic heterocycles. The number of H-pyrrole nitrogens is 1. The molecule has 1 saturated heterocycles. The third-order valence-corrected chi connectivity index (χ3v) is 7.03. The topological polar surface area (TPSA) is 114 Å². The summed E-state index contributed by atoms with van der Waals surface area (Å²) in [4.78, 5) is 27.4.